The second kappa shape index (κ2) is 11.4. The first-order chi connectivity index (χ1) is 18.1. The number of carbonyl (C=O) groups excluding carboxylic acids is 1. The van der Waals surface area contributed by atoms with E-state index in [4.69, 9.17) is 9.15 Å². The predicted octanol–water partition coefficient (Wildman–Crippen LogP) is 3.67. The molecule has 0 aliphatic carbocycles. The van der Waals surface area contributed by atoms with E-state index in [9.17, 15) is 9.90 Å². The molecule has 0 fully saturated rings. The van der Waals surface area contributed by atoms with Crippen LogP contribution in [0.5, 0.6) is 5.75 Å². The van der Waals surface area contributed by atoms with Crippen molar-refractivity contribution >= 4 is 39.5 Å². The van der Waals surface area contributed by atoms with Crippen LogP contribution in [0.3, 0.4) is 0 Å². The topological polar surface area (TPSA) is 121 Å². The van der Waals surface area contributed by atoms with Gasteiger partial charge in [0.15, 0.2) is 5.58 Å². The summed E-state index contributed by atoms with van der Waals surface area (Å²) in [6.45, 7) is 4.06. The molecular formula is C28H31N5O4. The average Bonchev–Trinajstić information content (AvgIpc) is 3.31. The van der Waals surface area contributed by atoms with Crippen molar-refractivity contribution < 1.29 is 19.1 Å². The number of nitrogens with one attached hydrogen (secondary N) is 3. The van der Waals surface area contributed by atoms with E-state index < -0.39 is 6.10 Å². The van der Waals surface area contributed by atoms with Crippen molar-refractivity contribution in [2.45, 2.75) is 25.9 Å². The number of hydrogen-bond donors (Lipinski definition) is 4. The summed E-state index contributed by atoms with van der Waals surface area (Å²) in [4.78, 5) is 16.0. The Bertz CT molecular complexity index is 1410. The van der Waals surface area contributed by atoms with Crippen LogP contribution >= 0.6 is 0 Å². The lowest BCUT2D eigenvalue weighted by Crippen LogP contribution is -2.32. The number of ether oxygens (including phenoxy) is 1. The molecule has 2 unspecified atom stereocenters. The summed E-state index contributed by atoms with van der Waals surface area (Å²) in [5.41, 5.74) is 5.74. The minimum Gasteiger partial charge on any atom is -0.490 e. The molecule has 192 valence electrons. The van der Waals surface area contributed by atoms with Gasteiger partial charge < -0.3 is 24.9 Å². The molecule has 1 aliphatic heterocycles. The lowest BCUT2D eigenvalue weighted by atomic mass is 9.94. The van der Waals surface area contributed by atoms with E-state index in [-0.39, 0.29) is 18.4 Å². The Morgan fingerprint density at radius 1 is 1.16 bits per heavy atom. The van der Waals surface area contributed by atoms with Crippen LogP contribution in [0.4, 0.5) is 6.01 Å². The fraction of sp³-hybridized carbons (Fsp3) is 0.321. The number of fused-ring (bicyclic) bond motifs is 2. The van der Waals surface area contributed by atoms with Gasteiger partial charge in [-0.1, -0.05) is 43.3 Å². The maximum Gasteiger partial charge on any atom is 0.295 e. The van der Waals surface area contributed by atoms with Crippen LogP contribution in [0.25, 0.3) is 21.9 Å². The summed E-state index contributed by atoms with van der Waals surface area (Å²) >= 11 is 0. The second-order valence-corrected chi connectivity index (χ2v) is 9.27. The highest BCUT2D eigenvalue weighted by atomic mass is 16.5. The molecule has 1 aliphatic rings. The van der Waals surface area contributed by atoms with Gasteiger partial charge in [0, 0.05) is 36.4 Å². The normalized spacial score (nSPS) is 16.4. The number of hydrogen-bond acceptors (Lipinski definition) is 8. The number of hydrazone groups is 1. The van der Waals surface area contributed by atoms with Crippen LogP contribution in [-0.4, -0.2) is 54.1 Å². The number of aromatic nitrogens is 1. The van der Waals surface area contributed by atoms with Crippen LogP contribution < -0.4 is 20.8 Å². The van der Waals surface area contributed by atoms with Gasteiger partial charge in [-0.3, -0.25) is 4.79 Å². The van der Waals surface area contributed by atoms with E-state index in [0.717, 1.165) is 46.3 Å². The van der Waals surface area contributed by atoms with Crippen molar-refractivity contribution in [2.75, 3.05) is 31.6 Å². The van der Waals surface area contributed by atoms with Gasteiger partial charge in [-0.25, -0.2) is 5.43 Å². The van der Waals surface area contributed by atoms with Gasteiger partial charge in [-0.05, 0) is 42.6 Å². The van der Waals surface area contributed by atoms with E-state index in [0.29, 0.717) is 31.1 Å². The zero-order chi connectivity index (χ0) is 25.6. The van der Waals surface area contributed by atoms with E-state index >= 15 is 0 Å². The number of amides is 1. The van der Waals surface area contributed by atoms with Crippen LogP contribution in [-0.2, 0) is 4.79 Å². The molecule has 0 radical (unpaired) electrons. The Morgan fingerprint density at radius 3 is 2.92 bits per heavy atom. The lowest BCUT2D eigenvalue weighted by Gasteiger charge is -2.18. The summed E-state index contributed by atoms with van der Waals surface area (Å²) in [6, 6.07) is 20.2. The van der Waals surface area contributed by atoms with E-state index in [1.807, 2.05) is 67.6 Å². The molecule has 4 N–H and O–H groups in total. The number of aliphatic hydroxyl groups excluding tert-OH is 1. The molecule has 0 bridgehead atoms. The molecule has 37 heavy (non-hydrogen) atoms. The van der Waals surface area contributed by atoms with Crippen LogP contribution in [0, 0.1) is 5.92 Å². The fourth-order valence-electron chi connectivity index (χ4n) is 4.41. The first-order valence-electron chi connectivity index (χ1n) is 12.6. The Balaban J connectivity index is 1.03. The fourth-order valence-corrected chi connectivity index (χ4v) is 4.41. The van der Waals surface area contributed by atoms with Gasteiger partial charge in [-0.15, -0.1) is 0 Å². The molecule has 0 spiro atoms. The summed E-state index contributed by atoms with van der Waals surface area (Å²) in [6.07, 6.45) is 0.641. The molecule has 4 aromatic rings. The highest BCUT2D eigenvalue weighted by Gasteiger charge is 2.22. The number of benzene rings is 3. The molecule has 9 nitrogen and oxygen atoms in total. The summed E-state index contributed by atoms with van der Waals surface area (Å²) in [7, 11) is 0. The molecule has 9 heteroatoms. The van der Waals surface area contributed by atoms with E-state index in [2.05, 4.69) is 26.1 Å². The van der Waals surface area contributed by atoms with Gasteiger partial charge in [0.05, 0.1) is 5.71 Å². The Morgan fingerprint density at radius 2 is 2.03 bits per heavy atom. The minimum atomic E-state index is -0.608. The van der Waals surface area contributed by atoms with E-state index in [1.54, 1.807) is 0 Å². The van der Waals surface area contributed by atoms with Gasteiger partial charge in [-0.2, -0.15) is 10.1 Å². The standard InChI is InChI=1S/C28H31N5O4/c1-18-14-26(35)32-33-27(18)20-10-11-25-23(15-20)31-28(37-25)30-13-5-12-29-16-21(34)17-36-24-9-4-7-19-6-2-3-8-22(19)24/h2-4,6-11,15,18,21,29,34H,5,12-14,16-17H2,1H3,(H,30,31)(H,32,35). The third-order valence-corrected chi connectivity index (χ3v) is 6.31. The van der Waals surface area contributed by atoms with Crippen LogP contribution in [0.2, 0.25) is 0 Å². The quantitative estimate of drug-likeness (QED) is 0.231. The highest BCUT2D eigenvalue weighted by Crippen LogP contribution is 2.25. The third-order valence-electron chi connectivity index (χ3n) is 6.31. The molecule has 0 saturated heterocycles. The number of aliphatic hydroxyl groups is 1. The second-order valence-electron chi connectivity index (χ2n) is 9.27. The van der Waals surface area contributed by atoms with Crippen LogP contribution in [0.15, 0.2) is 70.2 Å². The first kappa shape index (κ1) is 24.7. The predicted molar refractivity (Wildman–Crippen MR) is 144 cm³/mol. The largest absolute Gasteiger partial charge is 0.490 e. The molecule has 1 aromatic heterocycles. The van der Waals surface area contributed by atoms with Gasteiger partial charge >= 0.3 is 0 Å². The van der Waals surface area contributed by atoms with Crippen LogP contribution in [0.1, 0.15) is 25.3 Å². The Kier molecular flexibility index (Phi) is 7.62. The Labute approximate surface area is 214 Å². The van der Waals surface area contributed by atoms with Crippen molar-refractivity contribution in [3.05, 3.63) is 66.2 Å². The van der Waals surface area contributed by atoms with Crippen molar-refractivity contribution in [3.63, 3.8) is 0 Å². The van der Waals surface area contributed by atoms with Crippen molar-refractivity contribution in [1.29, 1.82) is 0 Å². The maximum absolute atomic E-state index is 11.5. The number of oxazole rings is 1. The van der Waals surface area contributed by atoms with Crippen molar-refractivity contribution in [2.24, 2.45) is 11.0 Å². The monoisotopic (exact) mass is 501 g/mol. The molecular weight excluding hydrogens is 470 g/mol. The Hall–Kier alpha value is -3.95. The minimum absolute atomic E-state index is 0.0477. The summed E-state index contributed by atoms with van der Waals surface area (Å²) < 4.78 is 11.6. The molecule has 2 heterocycles. The molecule has 2 atom stereocenters. The highest BCUT2D eigenvalue weighted by molar-refractivity contribution is 6.07. The lowest BCUT2D eigenvalue weighted by molar-refractivity contribution is -0.121. The zero-order valence-corrected chi connectivity index (χ0v) is 20.7. The van der Waals surface area contributed by atoms with Gasteiger partial charge in [0.1, 0.15) is 24.0 Å². The maximum atomic E-state index is 11.5. The van der Waals surface area contributed by atoms with Crippen molar-refractivity contribution in [3.8, 4) is 5.75 Å². The molecule has 5 rings (SSSR count). The summed E-state index contributed by atoms with van der Waals surface area (Å²) in [5, 5.41) is 23.1. The number of nitrogens with zero attached hydrogens (tertiary/aromatic N) is 2. The smallest absolute Gasteiger partial charge is 0.295 e. The van der Waals surface area contributed by atoms with Crippen molar-refractivity contribution in [1.82, 2.24) is 15.7 Å². The average molecular weight is 502 g/mol. The molecule has 3 aromatic carbocycles. The third kappa shape index (κ3) is 6.07. The van der Waals surface area contributed by atoms with Gasteiger partial charge in [0.2, 0.25) is 5.91 Å². The SMILES string of the molecule is CC1CC(=O)NN=C1c1ccc2oc(NCCCNCC(O)COc3cccc4ccccc34)nc2c1. The molecule has 0 saturated carbocycles. The summed E-state index contributed by atoms with van der Waals surface area (Å²) in [5.74, 6) is 0.759. The first-order valence-corrected chi connectivity index (χ1v) is 12.6. The number of carbonyl (C=O) groups is 1. The van der Waals surface area contributed by atoms with Gasteiger partial charge in [0.25, 0.3) is 6.01 Å². The number of anilines is 1. The zero-order valence-electron chi connectivity index (χ0n) is 20.7. The number of rotatable bonds is 11. The molecule has 1 amide bonds. The van der Waals surface area contributed by atoms with E-state index in [1.165, 1.54) is 0 Å².